The van der Waals surface area contributed by atoms with Gasteiger partial charge in [-0.3, -0.25) is 4.79 Å². The van der Waals surface area contributed by atoms with Crippen LogP contribution in [0.2, 0.25) is 0 Å². The molecule has 0 saturated heterocycles. The van der Waals surface area contributed by atoms with Crippen molar-refractivity contribution in [1.82, 2.24) is 10.1 Å². The molecule has 2 heterocycles. The molecule has 1 unspecified atom stereocenters. The van der Waals surface area contributed by atoms with E-state index in [1.54, 1.807) is 13.0 Å². The van der Waals surface area contributed by atoms with Gasteiger partial charge in [0.15, 0.2) is 5.82 Å². The topological polar surface area (TPSA) is 91.8 Å². The van der Waals surface area contributed by atoms with Crippen molar-refractivity contribution in [3.05, 3.63) is 83.6 Å². The first-order valence-electron chi connectivity index (χ1n) is 11.0. The Balaban J connectivity index is 1.76. The molecule has 0 radical (unpaired) electrons. The Morgan fingerprint density at radius 1 is 1.09 bits per heavy atom. The Morgan fingerprint density at radius 2 is 1.82 bits per heavy atom. The molecule has 4 rings (SSSR count). The van der Waals surface area contributed by atoms with Crippen molar-refractivity contribution < 1.29 is 9.32 Å². The van der Waals surface area contributed by atoms with Crippen LogP contribution in [0.1, 0.15) is 30.2 Å². The second-order valence-electron chi connectivity index (χ2n) is 7.91. The Hall–Kier alpha value is -3.89. The van der Waals surface area contributed by atoms with Crippen molar-refractivity contribution in [2.75, 3.05) is 5.32 Å². The Labute approximate surface area is 203 Å². The number of aryl methyl sites for hydroxylation is 2. The molecule has 34 heavy (non-hydrogen) atoms. The van der Waals surface area contributed by atoms with Crippen LogP contribution in [0.3, 0.4) is 0 Å². The van der Waals surface area contributed by atoms with E-state index in [2.05, 4.69) is 16.5 Å². The third-order valence-electron chi connectivity index (χ3n) is 5.33. The summed E-state index contributed by atoms with van der Waals surface area (Å²) in [6, 6.07) is 23.8. The lowest BCUT2D eigenvalue weighted by Crippen LogP contribution is -2.25. The second-order valence-corrected chi connectivity index (χ2v) is 9.10. The maximum Gasteiger partial charge on any atom is 0.239 e. The van der Waals surface area contributed by atoms with Crippen LogP contribution in [-0.4, -0.2) is 21.3 Å². The molecule has 170 valence electrons. The van der Waals surface area contributed by atoms with Gasteiger partial charge in [-0.2, -0.15) is 5.26 Å². The predicted octanol–water partition coefficient (Wildman–Crippen LogP) is 6.40. The fourth-order valence-electron chi connectivity index (χ4n) is 3.52. The maximum absolute atomic E-state index is 13.0. The molecule has 7 heteroatoms. The first-order valence-corrected chi connectivity index (χ1v) is 11.8. The number of thioether (sulfide) groups is 1. The van der Waals surface area contributed by atoms with Crippen LogP contribution in [0.25, 0.3) is 22.4 Å². The van der Waals surface area contributed by atoms with Gasteiger partial charge in [-0.1, -0.05) is 84.0 Å². The van der Waals surface area contributed by atoms with Gasteiger partial charge in [0.25, 0.3) is 0 Å². The maximum atomic E-state index is 13.0. The summed E-state index contributed by atoms with van der Waals surface area (Å²) >= 11 is 1.29. The average Bonchev–Trinajstić information content (AvgIpc) is 3.27. The van der Waals surface area contributed by atoms with Crippen molar-refractivity contribution in [3.63, 3.8) is 0 Å². The summed E-state index contributed by atoms with van der Waals surface area (Å²) in [6.45, 7) is 5.72. The van der Waals surface area contributed by atoms with Gasteiger partial charge in [-0.25, -0.2) is 4.98 Å². The average molecular weight is 469 g/mol. The zero-order valence-electron chi connectivity index (χ0n) is 19.2. The van der Waals surface area contributed by atoms with E-state index in [-0.39, 0.29) is 5.91 Å². The van der Waals surface area contributed by atoms with Crippen molar-refractivity contribution in [1.29, 1.82) is 5.26 Å². The lowest BCUT2D eigenvalue weighted by molar-refractivity contribution is -0.115. The van der Waals surface area contributed by atoms with Crippen LogP contribution < -0.4 is 5.32 Å². The molecule has 0 saturated carbocycles. The normalized spacial score (nSPS) is 11.6. The van der Waals surface area contributed by atoms with E-state index in [9.17, 15) is 10.1 Å². The molecule has 0 bridgehead atoms. The highest BCUT2D eigenvalue weighted by atomic mass is 32.2. The summed E-state index contributed by atoms with van der Waals surface area (Å²) in [5.74, 6) is 0.768. The highest BCUT2D eigenvalue weighted by molar-refractivity contribution is 8.00. The fourth-order valence-corrected chi connectivity index (χ4v) is 4.55. The first-order chi connectivity index (χ1) is 16.5. The zero-order valence-corrected chi connectivity index (χ0v) is 20.0. The number of carbonyl (C=O) groups is 1. The van der Waals surface area contributed by atoms with E-state index >= 15 is 0 Å². The highest BCUT2D eigenvalue weighted by Gasteiger charge is 2.24. The number of hydrogen-bond donors (Lipinski definition) is 1. The van der Waals surface area contributed by atoms with E-state index in [1.165, 1.54) is 11.8 Å². The number of nitriles is 1. The molecule has 6 nitrogen and oxygen atoms in total. The minimum absolute atomic E-state index is 0.214. The summed E-state index contributed by atoms with van der Waals surface area (Å²) in [6.07, 6.45) is 0.551. The number of carbonyl (C=O) groups excluding carboxylic acids is 1. The first kappa shape index (κ1) is 23.3. The van der Waals surface area contributed by atoms with Gasteiger partial charge in [0.2, 0.25) is 5.91 Å². The summed E-state index contributed by atoms with van der Waals surface area (Å²) in [4.78, 5) is 17.8. The molecule has 1 N–H and O–H groups in total. The van der Waals surface area contributed by atoms with Crippen LogP contribution in [0.15, 0.2) is 76.3 Å². The monoisotopic (exact) mass is 468 g/mol. The molecule has 0 fully saturated rings. The summed E-state index contributed by atoms with van der Waals surface area (Å²) in [7, 11) is 0. The van der Waals surface area contributed by atoms with E-state index in [1.807, 2.05) is 74.5 Å². The Kier molecular flexibility index (Phi) is 7.09. The largest absolute Gasteiger partial charge is 0.360 e. The van der Waals surface area contributed by atoms with Gasteiger partial charge in [0.1, 0.15) is 16.9 Å². The number of benzene rings is 2. The summed E-state index contributed by atoms with van der Waals surface area (Å²) in [5, 5.41) is 16.8. The zero-order chi connectivity index (χ0) is 24.1. The van der Waals surface area contributed by atoms with E-state index in [4.69, 9.17) is 9.51 Å². The quantitative estimate of drug-likeness (QED) is 0.316. The number of aromatic nitrogens is 2. The molecule has 4 aromatic rings. The molecule has 0 aliphatic heterocycles. The van der Waals surface area contributed by atoms with Gasteiger partial charge >= 0.3 is 0 Å². The van der Waals surface area contributed by atoms with Crippen LogP contribution in [0, 0.1) is 25.2 Å². The molecule has 0 aliphatic carbocycles. The summed E-state index contributed by atoms with van der Waals surface area (Å²) < 4.78 is 5.04. The number of hydrogen-bond acceptors (Lipinski definition) is 6. The number of pyridine rings is 1. The van der Waals surface area contributed by atoms with Crippen LogP contribution in [0.5, 0.6) is 0 Å². The van der Waals surface area contributed by atoms with E-state index < -0.39 is 5.25 Å². The minimum Gasteiger partial charge on any atom is -0.360 e. The standard InChI is InChI=1S/C27H24N4O2S/c1-4-24(26(32)30-25-14-18(3)33-31-25)34-27-22(16-28)21(19-12-10-17(2)11-13-19)15-23(29-27)20-8-6-5-7-9-20/h5-15,24H,4H2,1-3H3,(H,30,31,32). The smallest absolute Gasteiger partial charge is 0.239 e. The van der Waals surface area contributed by atoms with Crippen molar-refractivity contribution >= 4 is 23.5 Å². The van der Waals surface area contributed by atoms with Gasteiger partial charge in [0.05, 0.1) is 16.5 Å². The lowest BCUT2D eigenvalue weighted by atomic mass is 9.98. The molecule has 2 aromatic heterocycles. The Bertz CT molecular complexity index is 1340. The molecular formula is C27H24N4O2S. The van der Waals surface area contributed by atoms with Gasteiger partial charge in [-0.05, 0) is 31.9 Å². The molecule has 2 aromatic carbocycles. The lowest BCUT2D eigenvalue weighted by Gasteiger charge is -2.17. The van der Waals surface area contributed by atoms with Crippen LogP contribution in [0.4, 0.5) is 5.82 Å². The van der Waals surface area contributed by atoms with Crippen LogP contribution in [-0.2, 0) is 4.79 Å². The van der Waals surface area contributed by atoms with Crippen molar-refractivity contribution in [3.8, 4) is 28.5 Å². The number of nitrogens with one attached hydrogen (secondary N) is 1. The molecular weight excluding hydrogens is 444 g/mol. The fraction of sp³-hybridized carbons (Fsp3) is 0.185. The molecule has 0 spiro atoms. The van der Waals surface area contributed by atoms with Crippen molar-refractivity contribution in [2.24, 2.45) is 0 Å². The van der Waals surface area contributed by atoms with Gasteiger partial charge in [0, 0.05) is 17.2 Å². The van der Waals surface area contributed by atoms with Gasteiger partial charge in [-0.15, -0.1) is 0 Å². The molecule has 0 aliphatic rings. The van der Waals surface area contributed by atoms with Crippen molar-refractivity contribution in [2.45, 2.75) is 37.5 Å². The van der Waals surface area contributed by atoms with E-state index in [0.29, 0.717) is 28.6 Å². The number of nitrogens with zero attached hydrogens (tertiary/aromatic N) is 3. The summed E-state index contributed by atoms with van der Waals surface area (Å²) in [5.41, 5.74) is 5.01. The molecule has 1 amide bonds. The molecule has 1 atom stereocenters. The Morgan fingerprint density at radius 3 is 2.44 bits per heavy atom. The number of rotatable bonds is 7. The number of anilines is 1. The van der Waals surface area contributed by atoms with Crippen LogP contribution >= 0.6 is 11.8 Å². The SMILES string of the molecule is CCC(Sc1nc(-c2ccccc2)cc(-c2ccc(C)cc2)c1C#N)C(=O)Nc1cc(C)on1. The highest BCUT2D eigenvalue weighted by Crippen LogP contribution is 2.36. The number of amides is 1. The van der Waals surface area contributed by atoms with E-state index in [0.717, 1.165) is 27.9 Å². The van der Waals surface area contributed by atoms with Gasteiger partial charge < -0.3 is 9.84 Å². The predicted molar refractivity (Wildman–Crippen MR) is 134 cm³/mol. The minimum atomic E-state index is -0.464. The third kappa shape index (κ3) is 5.19. The second kappa shape index (κ2) is 10.4. The third-order valence-corrected chi connectivity index (χ3v) is 6.68.